The zero-order valence-electron chi connectivity index (χ0n) is 14.2. The number of nitrogens with zero attached hydrogens (tertiary/aromatic N) is 1. The molecule has 0 unspecified atom stereocenters. The molecule has 0 aromatic heterocycles. The van der Waals surface area contributed by atoms with Crippen molar-refractivity contribution in [2.45, 2.75) is 0 Å². The van der Waals surface area contributed by atoms with Crippen LogP contribution in [-0.4, -0.2) is 30.7 Å². The Labute approximate surface area is 154 Å². The lowest BCUT2D eigenvalue weighted by Crippen LogP contribution is -2.14. The van der Waals surface area contributed by atoms with E-state index in [1.807, 2.05) is 0 Å². The number of nitrogens with one attached hydrogen (secondary N) is 1. The maximum absolute atomic E-state index is 13.6. The van der Waals surface area contributed by atoms with Gasteiger partial charge in [0.1, 0.15) is 17.5 Å². The number of carboxylic acids is 1. The highest BCUT2D eigenvalue weighted by molar-refractivity contribution is 6.09. The van der Waals surface area contributed by atoms with Crippen molar-refractivity contribution in [2.75, 3.05) is 19.0 Å². The number of carbonyl (C=O) groups is 2. The summed E-state index contributed by atoms with van der Waals surface area (Å²) in [6.45, 7) is -0.542. The standard InChI is InChI=1S/C19H15FN2O5/c1-26-17-9-12(6-7-16(17)27-11-18(23)24)8-13(10-21)19(25)22-15-5-3-2-4-14(15)20/h2-9H,11H2,1H3,(H,22,25)(H,23,24)/b13-8+. The van der Waals surface area contributed by atoms with Crippen molar-refractivity contribution in [3.63, 3.8) is 0 Å². The summed E-state index contributed by atoms with van der Waals surface area (Å²) in [4.78, 5) is 22.8. The van der Waals surface area contributed by atoms with E-state index in [-0.39, 0.29) is 22.8 Å². The van der Waals surface area contributed by atoms with Crippen LogP contribution in [0.15, 0.2) is 48.0 Å². The van der Waals surface area contributed by atoms with Gasteiger partial charge in [0, 0.05) is 0 Å². The number of para-hydroxylation sites is 1. The van der Waals surface area contributed by atoms with Gasteiger partial charge in [-0.25, -0.2) is 9.18 Å². The van der Waals surface area contributed by atoms with E-state index in [1.165, 1.54) is 49.6 Å². The fourth-order valence-electron chi connectivity index (χ4n) is 2.10. The molecule has 2 rings (SSSR count). The fraction of sp³-hybridized carbons (Fsp3) is 0.105. The van der Waals surface area contributed by atoms with E-state index in [2.05, 4.69) is 5.32 Å². The van der Waals surface area contributed by atoms with Gasteiger partial charge in [0.05, 0.1) is 12.8 Å². The summed E-state index contributed by atoms with van der Waals surface area (Å²) in [5.74, 6) is -2.10. The monoisotopic (exact) mass is 370 g/mol. The zero-order valence-corrected chi connectivity index (χ0v) is 14.2. The van der Waals surface area contributed by atoms with Crippen molar-refractivity contribution in [3.8, 4) is 17.6 Å². The Hall–Kier alpha value is -3.86. The molecule has 0 atom stereocenters. The lowest BCUT2D eigenvalue weighted by Gasteiger charge is -2.10. The Morgan fingerprint density at radius 3 is 2.63 bits per heavy atom. The van der Waals surface area contributed by atoms with Crippen LogP contribution >= 0.6 is 0 Å². The van der Waals surface area contributed by atoms with Gasteiger partial charge in [-0.15, -0.1) is 0 Å². The van der Waals surface area contributed by atoms with Crippen LogP contribution in [0.2, 0.25) is 0 Å². The van der Waals surface area contributed by atoms with Crippen LogP contribution in [0.1, 0.15) is 5.56 Å². The molecule has 8 heteroatoms. The number of amides is 1. The number of anilines is 1. The number of carbonyl (C=O) groups excluding carboxylic acids is 1. The van der Waals surface area contributed by atoms with Gasteiger partial charge in [0.2, 0.25) is 0 Å². The molecular weight excluding hydrogens is 355 g/mol. The molecule has 0 aliphatic rings. The van der Waals surface area contributed by atoms with Crippen molar-refractivity contribution in [3.05, 3.63) is 59.4 Å². The third-order valence-electron chi connectivity index (χ3n) is 3.34. The summed E-state index contributed by atoms with van der Waals surface area (Å²) in [5.41, 5.74) is 0.146. The minimum absolute atomic E-state index is 0.0429. The highest BCUT2D eigenvalue weighted by atomic mass is 19.1. The van der Waals surface area contributed by atoms with Gasteiger partial charge >= 0.3 is 5.97 Å². The number of carboxylic acid groups (broad SMARTS) is 1. The minimum atomic E-state index is -1.14. The number of aliphatic carboxylic acids is 1. The normalized spacial score (nSPS) is 10.6. The van der Waals surface area contributed by atoms with Crippen molar-refractivity contribution >= 4 is 23.6 Å². The van der Waals surface area contributed by atoms with Crippen LogP contribution in [0.3, 0.4) is 0 Å². The first kappa shape index (κ1) is 19.5. The molecule has 0 heterocycles. The van der Waals surface area contributed by atoms with Gasteiger partial charge in [0.25, 0.3) is 5.91 Å². The number of benzene rings is 2. The summed E-state index contributed by atoms with van der Waals surface area (Å²) in [6, 6.07) is 11.8. The largest absolute Gasteiger partial charge is 0.493 e. The molecular formula is C19H15FN2O5. The van der Waals surface area contributed by atoms with E-state index in [0.29, 0.717) is 5.56 Å². The summed E-state index contributed by atoms with van der Waals surface area (Å²) in [7, 11) is 1.37. The van der Waals surface area contributed by atoms with E-state index in [4.69, 9.17) is 14.6 Å². The lowest BCUT2D eigenvalue weighted by atomic mass is 10.1. The SMILES string of the molecule is COc1cc(/C=C(\C#N)C(=O)Nc2ccccc2F)ccc1OCC(=O)O. The molecule has 0 aliphatic heterocycles. The number of rotatable bonds is 7. The second-order valence-corrected chi connectivity index (χ2v) is 5.20. The maximum Gasteiger partial charge on any atom is 0.341 e. The van der Waals surface area contributed by atoms with Crippen LogP contribution in [0.25, 0.3) is 6.08 Å². The molecule has 138 valence electrons. The average molecular weight is 370 g/mol. The smallest absolute Gasteiger partial charge is 0.341 e. The molecule has 1 amide bonds. The van der Waals surface area contributed by atoms with Crippen molar-refractivity contribution in [1.29, 1.82) is 5.26 Å². The number of hydrogen-bond acceptors (Lipinski definition) is 5. The van der Waals surface area contributed by atoms with Crippen LogP contribution in [0.4, 0.5) is 10.1 Å². The van der Waals surface area contributed by atoms with Crippen LogP contribution in [0.5, 0.6) is 11.5 Å². The molecule has 0 bridgehead atoms. The van der Waals surface area contributed by atoms with E-state index < -0.39 is 24.3 Å². The van der Waals surface area contributed by atoms with Crippen LogP contribution in [-0.2, 0) is 9.59 Å². The molecule has 0 aliphatic carbocycles. The Morgan fingerprint density at radius 1 is 1.26 bits per heavy atom. The maximum atomic E-state index is 13.6. The van der Waals surface area contributed by atoms with Crippen molar-refractivity contribution < 1.29 is 28.6 Å². The predicted molar refractivity (Wildman–Crippen MR) is 94.7 cm³/mol. The molecule has 2 N–H and O–H groups in total. The first-order valence-electron chi connectivity index (χ1n) is 7.65. The molecule has 0 fully saturated rings. The van der Waals surface area contributed by atoms with Crippen LogP contribution in [0, 0.1) is 17.1 Å². The van der Waals surface area contributed by atoms with E-state index in [1.54, 1.807) is 12.1 Å². The molecule has 2 aromatic carbocycles. The Balaban J connectivity index is 2.23. The molecule has 2 aromatic rings. The summed E-state index contributed by atoms with van der Waals surface area (Å²) in [6.07, 6.45) is 1.29. The third kappa shape index (κ3) is 5.31. The summed E-state index contributed by atoms with van der Waals surface area (Å²) in [5, 5.41) is 20.2. The second-order valence-electron chi connectivity index (χ2n) is 5.20. The minimum Gasteiger partial charge on any atom is -0.493 e. The van der Waals surface area contributed by atoms with Gasteiger partial charge in [-0.05, 0) is 35.9 Å². The Bertz CT molecular complexity index is 934. The number of halogens is 1. The van der Waals surface area contributed by atoms with Gasteiger partial charge in [-0.3, -0.25) is 4.79 Å². The molecule has 7 nitrogen and oxygen atoms in total. The highest BCUT2D eigenvalue weighted by Crippen LogP contribution is 2.29. The Morgan fingerprint density at radius 2 is 2.00 bits per heavy atom. The average Bonchev–Trinajstić information content (AvgIpc) is 2.66. The number of methoxy groups -OCH3 is 1. The number of hydrogen-bond donors (Lipinski definition) is 2. The summed E-state index contributed by atoms with van der Waals surface area (Å²) < 4.78 is 23.8. The predicted octanol–water partition coefficient (Wildman–Crippen LogP) is 2.84. The van der Waals surface area contributed by atoms with Crippen molar-refractivity contribution in [1.82, 2.24) is 0 Å². The van der Waals surface area contributed by atoms with E-state index in [0.717, 1.165) is 0 Å². The first-order chi connectivity index (χ1) is 12.9. The van der Waals surface area contributed by atoms with Gasteiger partial charge in [0.15, 0.2) is 18.1 Å². The zero-order chi connectivity index (χ0) is 19.8. The molecule has 0 saturated heterocycles. The topological polar surface area (TPSA) is 109 Å². The lowest BCUT2D eigenvalue weighted by molar-refractivity contribution is -0.139. The third-order valence-corrected chi connectivity index (χ3v) is 3.34. The fourth-order valence-corrected chi connectivity index (χ4v) is 2.10. The van der Waals surface area contributed by atoms with Gasteiger partial charge < -0.3 is 19.9 Å². The quantitative estimate of drug-likeness (QED) is 0.573. The van der Waals surface area contributed by atoms with E-state index in [9.17, 15) is 19.2 Å². The van der Waals surface area contributed by atoms with Crippen molar-refractivity contribution in [2.24, 2.45) is 0 Å². The molecule has 0 spiro atoms. The van der Waals surface area contributed by atoms with Gasteiger partial charge in [-0.1, -0.05) is 18.2 Å². The molecule has 0 radical (unpaired) electrons. The summed E-state index contributed by atoms with van der Waals surface area (Å²) >= 11 is 0. The van der Waals surface area contributed by atoms with Gasteiger partial charge in [-0.2, -0.15) is 5.26 Å². The number of nitriles is 1. The number of ether oxygens (including phenoxy) is 2. The molecule has 27 heavy (non-hydrogen) atoms. The first-order valence-corrected chi connectivity index (χ1v) is 7.65. The second kappa shape index (κ2) is 9.01. The highest BCUT2D eigenvalue weighted by Gasteiger charge is 2.13. The molecule has 0 saturated carbocycles. The Kier molecular flexibility index (Phi) is 6.49. The van der Waals surface area contributed by atoms with Crippen LogP contribution < -0.4 is 14.8 Å². The van der Waals surface area contributed by atoms with E-state index >= 15 is 0 Å².